The van der Waals surface area contributed by atoms with E-state index in [-0.39, 0.29) is 12.7 Å². The highest BCUT2D eigenvalue weighted by molar-refractivity contribution is 4.40. The summed E-state index contributed by atoms with van der Waals surface area (Å²) in [5, 5.41) is 15.6. The molecule has 0 fully saturated rings. The van der Waals surface area contributed by atoms with Gasteiger partial charge in [-0.25, -0.2) is 0 Å². The molecule has 14 heavy (non-hydrogen) atoms. The van der Waals surface area contributed by atoms with Gasteiger partial charge < -0.3 is 14.9 Å². The standard InChI is InChI=1S/C6H14O.C3H8O.C2H6O/c1-5(2)7-6(3)4;1-3(2)4;1-2-3/h5-6H,1-4H3;3-4H,1-2H3;3H,2H2,1H3. The summed E-state index contributed by atoms with van der Waals surface area (Å²) in [6.45, 7) is 13.5. The Labute approximate surface area is 89.1 Å². The predicted octanol–water partition coefficient (Wildman–Crippen LogP) is 2.21. The molecule has 0 aliphatic carbocycles. The van der Waals surface area contributed by atoms with E-state index in [0.717, 1.165) is 0 Å². The zero-order chi connectivity index (χ0) is 12.1. The molecule has 0 rings (SSSR count). The largest absolute Gasteiger partial charge is 0.397 e. The van der Waals surface area contributed by atoms with Crippen LogP contribution in [0.25, 0.3) is 0 Å². The molecule has 0 heterocycles. The van der Waals surface area contributed by atoms with Gasteiger partial charge >= 0.3 is 0 Å². The summed E-state index contributed by atoms with van der Waals surface area (Å²) >= 11 is 0. The molecule has 2 N–H and O–H groups in total. The summed E-state index contributed by atoms with van der Waals surface area (Å²) in [6.07, 6.45) is 0.583. The number of ether oxygens (including phenoxy) is 1. The Kier molecular flexibility index (Phi) is 21.3. The number of rotatable bonds is 2. The van der Waals surface area contributed by atoms with Gasteiger partial charge in [-0.3, -0.25) is 0 Å². The summed E-state index contributed by atoms with van der Waals surface area (Å²) in [6, 6.07) is 0. The molecule has 0 bridgehead atoms. The van der Waals surface area contributed by atoms with Gasteiger partial charge in [-0.1, -0.05) is 0 Å². The fourth-order valence-corrected chi connectivity index (χ4v) is 0.544. The normalized spacial score (nSPS) is 9.43. The predicted molar refractivity (Wildman–Crippen MR) is 61.5 cm³/mol. The molecule has 90 valence electrons. The second-order valence-corrected chi connectivity index (χ2v) is 3.64. The van der Waals surface area contributed by atoms with Crippen LogP contribution in [0.3, 0.4) is 0 Å². The molecular formula is C11H28O3. The fraction of sp³-hybridized carbons (Fsp3) is 1.00. The summed E-state index contributed by atoms with van der Waals surface area (Å²) in [7, 11) is 0. The van der Waals surface area contributed by atoms with Crippen LogP contribution < -0.4 is 0 Å². The van der Waals surface area contributed by atoms with Crippen molar-refractivity contribution in [3.05, 3.63) is 0 Å². The maximum atomic E-state index is 8.06. The monoisotopic (exact) mass is 208 g/mol. The zero-order valence-electron chi connectivity index (χ0n) is 10.7. The van der Waals surface area contributed by atoms with Gasteiger partial charge in [0.05, 0.1) is 12.2 Å². The van der Waals surface area contributed by atoms with Gasteiger partial charge in [0.25, 0.3) is 0 Å². The summed E-state index contributed by atoms with van der Waals surface area (Å²) in [5.74, 6) is 0. The van der Waals surface area contributed by atoms with Crippen LogP contribution in [0.4, 0.5) is 0 Å². The van der Waals surface area contributed by atoms with E-state index in [1.807, 2.05) is 27.7 Å². The van der Waals surface area contributed by atoms with Crippen LogP contribution >= 0.6 is 0 Å². The van der Waals surface area contributed by atoms with E-state index in [0.29, 0.717) is 12.2 Å². The molecule has 0 aromatic carbocycles. The molecule has 0 saturated heterocycles. The first-order valence-electron chi connectivity index (χ1n) is 5.22. The Hall–Kier alpha value is -0.120. The third-order valence-corrected chi connectivity index (χ3v) is 0.544. The maximum Gasteiger partial charge on any atom is 0.0522 e. The first kappa shape index (κ1) is 19.5. The van der Waals surface area contributed by atoms with Crippen molar-refractivity contribution in [3.63, 3.8) is 0 Å². The third-order valence-electron chi connectivity index (χ3n) is 0.544. The second kappa shape index (κ2) is 15.4. The van der Waals surface area contributed by atoms with Crippen molar-refractivity contribution in [3.8, 4) is 0 Å². The second-order valence-electron chi connectivity index (χ2n) is 3.64. The van der Waals surface area contributed by atoms with Crippen LogP contribution in [0.15, 0.2) is 0 Å². The summed E-state index contributed by atoms with van der Waals surface area (Å²) < 4.78 is 5.25. The fourth-order valence-electron chi connectivity index (χ4n) is 0.544. The van der Waals surface area contributed by atoms with Gasteiger partial charge in [-0.15, -0.1) is 0 Å². The molecule has 0 unspecified atom stereocenters. The number of hydrogen-bond donors (Lipinski definition) is 2. The average Bonchev–Trinajstić information content (AvgIpc) is 1.82. The van der Waals surface area contributed by atoms with Gasteiger partial charge in [0.15, 0.2) is 0 Å². The van der Waals surface area contributed by atoms with E-state index in [1.165, 1.54) is 0 Å². The van der Waals surface area contributed by atoms with Crippen molar-refractivity contribution in [2.75, 3.05) is 6.61 Å². The average molecular weight is 208 g/mol. The molecule has 0 radical (unpaired) electrons. The quantitative estimate of drug-likeness (QED) is 0.731. The van der Waals surface area contributed by atoms with Gasteiger partial charge in [-0.2, -0.15) is 0 Å². The van der Waals surface area contributed by atoms with Crippen molar-refractivity contribution in [1.29, 1.82) is 0 Å². The van der Waals surface area contributed by atoms with E-state index in [9.17, 15) is 0 Å². The van der Waals surface area contributed by atoms with Crippen molar-refractivity contribution in [2.24, 2.45) is 0 Å². The molecular weight excluding hydrogens is 180 g/mol. The van der Waals surface area contributed by atoms with E-state index >= 15 is 0 Å². The molecule has 0 amide bonds. The molecule has 0 atom stereocenters. The van der Waals surface area contributed by atoms with E-state index in [2.05, 4.69) is 0 Å². The highest BCUT2D eigenvalue weighted by Gasteiger charge is 1.94. The zero-order valence-corrected chi connectivity index (χ0v) is 10.7. The Morgan fingerprint density at radius 1 is 0.929 bits per heavy atom. The minimum Gasteiger partial charge on any atom is -0.397 e. The lowest BCUT2D eigenvalue weighted by Crippen LogP contribution is -2.09. The molecule has 3 nitrogen and oxygen atoms in total. The minimum absolute atomic E-state index is 0.167. The van der Waals surface area contributed by atoms with Crippen LogP contribution in [0, 0.1) is 0 Å². The van der Waals surface area contributed by atoms with Crippen molar-refractivity contribution < 1.29 is 14.9 Å². The number of hydrogen-bond acceptors (Lipinski definition) is 3. The van der Waals surface area contributed by atoms with Crippen LogP contribution in [-0.4, -0.2) is 35.1 Å². The Morgan fingerprint density at radius 2 is 1.07 bits per heavy atom. The van der Waals surface area contributed by atoms with Gasteiger partial charge in [0.1, 0.15) is 0 Å². The first-order valence-corrected chi connectivity index (χ1v) is 5.22. The van der Waals surface area contributed by atoms with Crippen LogP contribution in [-0.2, 0) is 4.74 Å². The lowest BCUT2D eigenvalue weighted by molar-refractivity contribution is 0.0300. The number of aliphatic hydroxyl groups is 2. The highest BCUT2D eigenvalue weighted by atomic mass is 16.5. The SMILES string of the molecule is CC(C)O.CC(C)OC(C)C.CCO. The first-order chi connectivity index (χ1) is 6.27. The van der Waals surface area contributed by atoms with Gasteiger partial charge in [-0.05, 0) is 48.5 Å². The summed E-state index contributed by atoms with van der Waals surface area (Å²) in [5.41, 5.74) is 0. The number of aliphatic hydroxyl groups excluding tert-OH is 2. The van der Waals surface area contributed by atoms with Crippen LogP contribution in [0.1, 0.15) is 48.5 Å². The molecule has 0 aromatic heterocycles. The topological polar surface area (TPSA) is 49.7 Å². The summed E-state index contributed by atoms with van der Waals surface area (Å²) in [4.78, 5) is 0. The van der Waals surface area contributed by atoms with Crippen LogP contribution in [0.5, 0.6) is 0 Å². The molecule has 0 saturated carbocycles. The van der Waals surface area contributed by atoms with E-state index < -0.39 is 0 Å². The molecule has 0 aliphatic rings. The molecule has 0 aliphatic heterocycles. The van der Waals surface area contributed by atoms with Gasteiger partial charge in [0, 0.05) is 12.7 Å². The highest BCUT2D eigenvalue weighted by Crippen LogP contribution is 1.93. The van der Waals surface area contributed by atoms with E-state index in [4.69, 9.17) is 14.9 Å². The minimum atomic E-state index is -0.167. The Balaban J connectivity index is -0.000000147. The Bertz CT molecular complexity index is 71.8. The van der Waals surface area contributed by atoms with Crippen LogP contribution in [0.2, 0.25) is 0 Å². The van der Waals surface area contributed by atoms with E-state index in [1.54, 1.807) is 20.8 Å². The van der Waals surface area contributed by atoms with Crippen molar-refractivity contribution in [1.82, 2.24) is 0 Å². The smallest absolute Gasteiger partial charge is 0.0522 e. The molecule has 0 spiro atoms. The maximum absolute atomic E-state index is 8.06. The van der Waals surface area contributed by atoms with Crippen molar-refractivity contribution >= 4 is 0 Å². The van der Waals surface area contributed by atoms with Gasteiger partial charge in [0.2, 0.25) is 0 Å². The Morgan fingerprint density at radius 3 is 1.07 bits per heavy atom. The lowest BCUT2D eigenvalue weighted by Gasteiger charge is -2.09. The lowest BCUT2D eigenvalue weighted by atomic mass is 10.4. The third kappa shape index (κ3) is 93.4. The molecule has 0 aromatic rings. The molecule has 3 heteroatoms. The van der Waals surface area contributed by atoms with Crippen molar-refractivity contribution in [2.45, 2.75) is 66.8 Å².